The zero-order valence-corrected chi connectivity index (χ0v) is 12.2. The fourth-order valence-electron chi connectivity index (χ4n) is 3.40. The van der Waals surface area contributed by atoms with Gasteiger partial charge in [-0.15, -0.1) is 0 Å². The Morgan fingerprint density at radius 3 is 2.95 bits per heavy atom. The summed E-state index contributed by atoms with van der Waals surface area (Å²) in [5, 5.41) is 0. The van der Waals surface area contributed by atoms with E-state index in [-0.39, 0.29) is 0 Å². The first-order chi connectivity index (χ1) is 10.4. The van der Waals surface area contributed by atoms with Crippen LogP contribution in [-0.4, -0.2) is 41.0 Å². The van der Waals surface area contributed by atoms with Crippen molar-refractivity contribution in [3.63, 3.8) is 0 Å². The van der Waals surface area contributed by atoms with Gasteiger partial charge in [-0.05, 0) is 31.4 Å². The highest BCUT2D eigenvalue weighted by Crippen LogP contribution is 2.29. The van der Waals surface area contributed by atoms with E-state index < -0.39 is 0 Å². The molecule has 2 aliphatic heterocycles. The molecule has 0 aromatic carbocycles. The van der Waals surface area contributed by atoms with Gasteiger partial charge in [0, 0.05) is 37.8 Å². The van der Waals surface area contributed by atoms with Gasteiger partial charge in [-0.25, -0.2) is 9.97 Å². The number of nitrogens with zero attached hydrogens (tertiary/aromatic N) is 3. The molecule has 4 heterocycles. The predicted molar refractivity (Wildman–Crippen MR) is 79.2 cm³/mol. The molecule has 2 saturated heterocycles. The highest BCUT2D eigenvalue weighted by atomic mass is 16.5. The maximum atomic E-state index is 5.66. The Balaban J connectivity index is 1.72. The molecule has 0 bridgehead atoms. The minimum atomic E-state index is 0.398. The molecule has 112 valence electrons. The van der Waals surface area contributed by atoms with Crippen LogP contribution in [0.15, 0.2) is 18.3 Å². The molecule has 0 aliphatic carbocycles. The highest BCUT2D eigenvalue weighted by Gasteiger charge is 2.26. The van der Waals surface area contributed by atoms with E-state index in [9.17, 15) is 0 Å². The maximum Gasteiger partial charge on any atom is 0.160 e. The molecule has 0 amide bonds. The molecule has 21 heavy (non-hydrogen) atoms. The van der Waals surface area contributed by atoms with Crippen molar-refractivity contribution in [2.75, 3.05) is 26.4 Å². The van der Waals surface area contributed by atoms with E-state index in [1.54, 1.807) is 0 Å². The minimum Gasteiger partial charge on any atom is -0.381 e. The Morgan fingerprint density at radius 2 is 2.14 bits per heavy atom. The van der Waals surface area contributed by atoms with Gasteiger partial charge in [0.15, 0.2) is 5.65 Å². The van der Waals surface area contributed by atoms with Crippen molar-refractivity contribution in [2.24, 2.45) is 5.92 Å². The zero-order chi connectivity index (χ0) is 14.1. The van der Waals surface area contributed by atoms with Crippen LogP contribution < -0.4 is 0 Å². The summed E-state index contributed by atoms with van der Waals surface area (Å²) in [6.45, 7) is 4.36. The van der Waals surface area contributed by atoms with Crippen molar-refractivity contribution in [1.82, 2.24) is 14.5 Å². The molecule has 4 rings (SSSR count). The minimum absolute atomic E-state index is 0.398. The van der Waals surface area contributed by atoms with E-state index in [1.807, 2.05) is 12.3 Å². The van der Waals surface area contributed by atoms with Crippen LogP contribution in [0.5, 0.6) is 0 Å². The Kier molecular flexibility index (Phi) is 3.61. The van der Waals surface area contributed by atoms with Crippen molar-refractivity contribution < 1.29 is 9.47 Å². The van der Waals surface area contributed by atoms with E-state index in [0.29, 0.717) is 11.8 Å². The van der Waals surface area contributed by atoms with Gasteiger partial charge in [0.2, 0.25) is 0 Å². The van der Waals surface area contributed by atoms with E-state index in [4.69, 9.17) is 14.5 Å². The van der Waals surface area contributed by atoms with E-state index in [1.165, 1.54) is 0 Å². The van der Waals surface area contributed by atoms with Crippen molar-refractivity contribution in [3.05, 3.63) is 24.2 Å². The van der Waals surface area contributed by atoms with Crippen LogP contribution in [0.3, 0.4) is 0 Å². The Bertz CT molecular complexity index is 613. The van der Waals surface area contributed by atoms with Gasteiger partial charge < -0.3 is 14.0 Å². The molecule has 2 fully saturated rings. The summed E-state index contributed by atoms with van der Waals surface area (Å²) >= 11 is 0. The first kappa shape index (κ1) is 13.2. The van der Waals surface area contributed by atoms with Gasteiger partial charge in [0.05, 0.1) is 13.2 Å². The SMILES string of the molecule is c1cnc2c(c1)nc(C1CCCOC1)n2CC1CCOC1. The maximum absolute atomic E-state index is 5.66. The topological polar surface area (TPSA) is 49.2 Å². The highest BCUT2D eigenvalue weighted by molar-refractivity contribution is 5.71. The molecule has 2 aliphatic rings. The van der Waals surface area contributed by atoms with Crippen LogP contribution in [0.2, 0.25) is 0 Å². The van der Waals surface area contributed by atoms with Crippen LogP contribution in [0, 0.1) is 5.92 Å². The lowest BCUT2D eigenvalue weighted by molar-refractivity contribution is 0.0768. The molecular formula is C16H21N3O2. The summed E-state index contributed by atoms with van der Waals surface area (Å²) in [6, 6.07) is 4.01. The van der Waals surface area contributed by atoms with E-state index in [2.05, 4.69) is 15.6 Å². The van der Waals surface area contributed by atoms with Gasteiger partial charge in [0.25, 0.3) is 0 Å². The van der Waals surface area contributed by atoms with Gasteiger partial charge in [-0.1, -0.05) is 0 Å². The summed E-state index contributed by atoms with van der Waals surface area (Å²) in [7, 11) is 0. The Labute approximate surface area is 124 Å². The second-order valence-electron chi connectivity index (χ2n) is 6.07. The van der Waals surface area contributed by atoms with Crippen molar-refractivity contribution in [3.8, 4) is 0 Å². The largest absolute Gasteiger partial charge is 0.381 e. The fourth-order valence-corrected chi connectivity index (χ4v) is 3.40. The number of aromatic nitrogens is 3. The Hall–Kier alpha value is -1.46. The molecule has 0 spiro atoms. The van der Waals surface area contributed by atoms with Crippen LogP contribution in [0.4, 0.5) is 0 Å². The first-order valence-electron chi connectivity index (χ1n) is 7.88. The standard InChI is InChI=1S/C16H21N3O2/c1-4-14-16(17-6-1)19(9-12-5-8-21-10-12)15(18-14)13-3-2-7-20-11-13/h1,4,6,12-13H,2-3,5,7-11H2. The van der Waals surface area contributed by atoms with Gasteiger partial charge in [-0.3, -0.25) is 0 Å². The summed E-state index contributed by atoms with van der Waals surface area (Å²) in [5.41, 5.74) is 2.00. The summed E-state index contributed by atoms with van der Waals surface area (Å²) in [5.74, 6) is 2.12. The number of fused-ring (bicyclic) bond motifs is 1. The number of imidazole rings is 1. The van der Waals surface area contributed by atoms with Crippen LogP contribution in [0.25, 0.3) is 11.2 Å². The van der Waals surface area contributed by atoms with E-state index in [0.717, 1.165) is 69.2 Å². The van der Waals surface area contributed by atoms with Crippen LogP contribution >= 0.6 is 0 Å². The predicted octanol–water partition coefficient (Wildman–Crippen LogP) is 2.36. The number of hydrogen-bond donors (Lipinski definition) is 0. The molecule has 2 unspecified atom stereocenters. The van der Waals surface area contributed by atoms with Crippen molar-refractivity contribution in [2.45, 2.75) is 31.7 Å². The third-order valence-corrected chi connectivity index (χ3v) is 4.52. The molecule has 2 aromatic heterocycles. The third-order valence-electron chi connectivity index (χ3n) is 4.52. The molecule has 2 atom stereocenters. The van der Waals surface area contributed by atoms with Crippen LogP contribution in [-0.2, 0) is 16.0 Å². The second kappa shape index (κ2) is 5.73. The molecule has 5 heteroatoms. The van der Waals surface area contributed by atoms with Gasteiger partial charge in [0.1, 0.15) is 11.3 Å². The second-order valence-corrected chi connectivity index (χ2v) is 6.07. The summed E-state index contributed by atoms with van der Waals surface area (Å²) in [6.07, 6.45) is 5.26. The van der Waals surface area contributed by atoms with Crippen molar-refractivity contribution >= 4 is 11.2 Å². The quantitative estimate of drug-likeness (QED) is 0.869. The monoisotopic (exact) mass is 287 g/mol. The summed E-state index contributed by atoms with van der Waals surface area (Å²) in [4.78, 5) is 9.42. The number of rotatable bonds is 3. The third kappa shape index (κ3) is 2.56. The molecular weight excluding hydrogens is 266 g/mol. The Morgan fingerprint density at radius 1 is 1.19 bits per heavy atom. The number of hydrogen-bond acceptors (Lipinski definition) is 4. The fraction of sp³-hybridized carbons (Fsp3) is 0.625. The number of ether oxygens (including phenoxy) is 2. The average molecular weight is 287 g/mol. The van der Waals surface area contributed by atoms with Gasteiger partial charge in [-0.2, -0.15) is 0 Å². The number of pyridine rings is 1. The van der Waals surface area contributed by atoms with E-state index >= 15 is 0 Å². The molecule has 0 saturated carbocycles. The first-order valence-corrected chi connectivity index (χ1v) is 7.88. The normalized spacial score (nSPS) is 26.5. The molecule has 5 nitrogen and oxygen atoms in total. The lowest BCUT2D eigenvalue weighted by Gasteiger charge is -2.23. The average Bonchev–Trinajstić information content (AvgIpc) is 3.17. The van der Waals surface area contributed by atoms with Crippen LogP contribution in [0.1, 0.15) is 31.0 Å². The zero-order valence-electron chi connectivity index (χ0n) is 12.2. The molecule has 2 aromatic rings. The molecule has 0 N–H and O–H groups in total. The smallest absolute Gasteiger partial charge is 0.160 e. The van der Waals surface area contributed by atoms with Gasteiger partial charge >= 0.3 is 0 Å². The lowest BCUT2D eigenvalue weighted by atomic mass is 10.0. The molecule has 0 radical (unpaired) electrons. The summed E-state index contributed by atoms with van der Waals surface area (Å²) < 4.78 is 13.5. The lowest BCUT2D eigenvalue weighted by Crippen LogP contribution is -2.21. The van der Waals surface area contributed by atoms with Crippen molar-refractivity contribution in [1.29, 1.82) is 0 Å².